The highest BCUT2D eigenvalue weighted by atomic mass is 16.1. The maximum Gasteiger partial charge on any atom is 0.251 e. The van der Waals surface area contributed by atoms with Crippen molar-refractivity contribution < 1.29 is 9.59 Å². The van der Waals surface area contributed by atoms with Gasteiger partial charge in [-0.2, -0.15) is 5.10 Å². The minimum absolute atomic E-state index is 0.0546. The number of nitrogens with zero attached hydrogens (tertiary/aromatic N) is 2. The molecule has 25 heavy (non-hydrogen) atoms. The van der Waals surface area contributed by atoms with E-state index in [4.69, 9.17) is 0 Å². The Morgan fingerprint density at radius 1 is 1.24 bits per heavy atom. The van der Waals surface area contributed by atoms with E-state index in [1.54, 1.807) is 18.3 Å². The summed E-state index contributed by atoms with van der Waals surface area (Å²) in [4.78, 5) is 24.4. The molecule has 132 valence electrons. The third-order valence-electron chi connectivity index (χ3n) is 4.64. The van der Waals surface area contributed by atoms with Crippen molar-refractivity contribution in [1.82, 2.24) is 15.1 Å². The van der Waals surface area contributed by atoms with Crippen LogP contribution in [0.3, 0.4) is 0 Å². The van der Waals surface area contributed by atoms with E-state index in [1.165, 1.54) is 0 Å². The first-order valence-electron chi connectivity index (χ1n) is 8.90. The van der Waals surface area contributed by atoms with Gasteiger partial charge >= 0.3 is 0 Å². The Kier molecular flexibility index (Phi) is 4.75. The summed E-state index contributed by atoms with van der Waals surface area (Å²) in [6.45, 7) is 7.00. The number of rotatable bonds is 5. The molecule has 0 aliphatic heterocycles. The van der Waals surface area contributed by atoms with Gasteiger partial charge in [-0.1, -0.05) is 27.2 Å². The molecular weight excluding hydrogens is 314 g/mol. The lowest BCUT2D eigenvalue weighted by atomic mass is 9.76. The molecule has 5 nitrogen and oxygen atoms in total. The first-order chi connectivity index (χ1) is 11.9. The van der Waals surface area contributed by atoms with Crippen molar-refractivity contribution in [2.45, 2.75) is 46.5 Å². The first-order valence-corrected chi connectivity index (χ1v) is 8.90. The fraction of sp³-hybridized carbons (Fsp3) is 0.450. The average Bonchev–Trinajstić information content (AvgIpc) is 2.98. The summed E-state index contributed by atoms with van der Waals surface area (Å²) in [5.41, 5.74) is 3.14. The Morgan fingerprint density at radius 3 is 2.64 bits per heavy atom. The van der Waals surface area contributed by atoms with E-state index < -0.39 is 0 Å². The average molecular weight is 339 g/mol. The van der Waals surface area contributed by atoms with Crippen LogP contribution in [0.4, 0.5) is 0 Å². The number of ketones is 1. The highest BCUT2D eigenvalue weighted by Crippen LogP contribution is 2.35. The van der Waals surface area contributed by atoms with E-state index in [0.717, 1.165) is 36.2 Å². The van der Waals surface area contributed by atoms with Crippen LogP contribution in [0.1, 0.15) is 66.4 Å². The summed E-state index contributed by atoms with van der Waals surface area (Å²) in [6.07, 6.45) is 5.07. The molecule has 0 spiro atoms. The van der Waals surface area contributed by atoms with Crippen molar-refractivity contribution in [3.63, 3.8) is 0 Å². The fourth-order valence-corrected chi connectivity index (χ4v) is 3.28. The highest BCUT2D eigenvalue weighted by molar-refractivity contribution is 5.98. The van der Waals surface area contributed by atoms with Crippen molar-refractivity contribution in [2.75, 3.05) is 6.54 Å². The van der Waals surface area contributed by atoms with Crippen molar-refractivity contribution in [2.24, 2.45) is 5.41 Å². The molecule has 1 amide bonds. The topological polar surface area (TPSA) is 64.0 Å². The Morgan fingerprint density at radius 2 is 1.96 bits per heavy atom. The van der Waals surface area contributed by atoms with Crippen LogP contribution in [-0.2, 0) is 6.42 Å². The summed E-state index contributed by atoms with van der Waals surface area (Å²) < 4.78 is 1.83. The molecule has 5 heteroatoms. The number of fused-ring (bicyclic) bond motifs is 1. The number of benzene rings is 1. The Bertz CT molecular complexity index is 788. The number of Topliss-reactive ketones (excluding diaryl/α,β-unsaturated/α-hetero) is 1. The maximum atomic E-state index is 12.3. The monoisotopic (exact) mass is 339 g/mol. The van der Waals surface area contributed by atoms with Gasteiger partial charge in [0, 0.05) is 18.5 Å². The Hall–Kier alpha value is -2.43. The Balaban J connectivity index is 1.82. The zero-order chi connectivity index (χ0) is 18.0. The summed E-state index contributed by atoms with van der Waals surface area (Å²) in [5.74, 6) is 0.100. The summed E-state index contributed by atoms with van der Waals surface area (Å²) >= 11 is 0. The number of aromatic nitrogens is 2. The molecular formula is C20H25N3O2. The first kappa shape index (κ1) is 17.4. The quantitative estimate of drug-likeness (QED) is 0.847. The van der Waals surface area contributed by atoms with E-state index in [1.807, 2.05) is 16.8 Å². The van der Waals surface area contributed by atoms with Crippen LogP contribution in [0.5, 0.6) is 0 Å². The summed E-state index contributed by atoms with van der Waals surface area (Å²) in [5, 5.41) is 7.33. The molecule has 1 heterocycles. The highest BCUT2D eigenvalue weighted by Gasteiger charge is 2.34. The van der Waals surface area contributed by atoms with Gasteiger partial charge in [0.1, 0.15) is 0 Å². The van der Waals surface area contributed by atoms with E-state index in [-0.39, 0.29) is 17.1 Å². The third kappa shape index (κ3) is 3.65. The molecule has 1 aliphatic rings. The second-order valence-corrected chi connectivity index (χ2v) is 7.51. The summed E-state index contributed by atoms with van der Waals surface area (Å²) in [7, 11) is 0. The lowest BCUT2D eigenvalue weighted by Crippen LogP contribution is -2.28. The minimum Gasteiger partial charge on any atom is -0.352 e. The fourth-order valence-electron chi connectivity index (χ4n) is 3.28. The van der Waals surface area contributed by atoms with Crippen molar-refractivity contribution in [1.29, 1.82) is 0 Å². The minimum atomic E-state index is -0.0567. The van der Waals surface area contributed by atoms with Gasteiger partial charge in [0.25, 0.3) is 5.91 Å². The number of nitrogens with one attached hydrogen (secondary N) is 1. The number of amides is 1. The van der Waals surface area contributed by atoms with Gasteiger partial charge in [-0.15, -0.1) is 0 Å². The van der Waals surface area contributed by atoms with Crippen molar-refractivity contribution >= 4 is 11.7 Å². The van der Waals surface area contributed by atoms with Crippen molar-refractivity contribution in [3.05, 3.63) is 47.3 Å². The molecule has 0 unspecified atom stereocenters. The SMILES string of the molecule is CCCCNC(=O)c1ccc(-n2ncc3c2CC(C)(C)CC3=O)cc1. The van der Waals surface area contributed by atoms with Gasteiger partial charge in [-0.3, -0.25) is 9.59 Å². The summed E-state index contributed by atoms with van der Waals surface area (Å²) in [6, 6.07) is 7.38. The lowest BCUT2D eigenvalue weighted by molar-refractivity contribution is 0.0909. The van der Waals surface area contributed by atoms with Gasteiger partial charge in [0.05, 0.1) is 23.1 Å². The number of carbonyl (C=O) groups excluding carboxylic acids is 2. The molecule has 0 saturated heterocycles. The predicted molar refractivity (Wildman–Crippen MR) is 97.2 cm³/mol. The number of carbonyl (C=O) groups is 2. The van der Waals surface area contributed by atoms with E-state index in [9.17, 15) is 9.59 Å². The smallest absolute Gasteiger partial charge is 0.251 e. The van der Waals surface area contributed by atoms with E-state index in [2.05, 4.69) is 31.2 Å². The predicted octanol–water partition coefficient (Wildman–Crippen LogP) is 3.56. The normalized spacial score (nSPS) is 15.7. The molecule has 2 aromatic rings. The molecule has 0 bridgehead atoms. The molecule has 0 atom stereocenters. The number of hydrogen-bond acceptors (Lipinski definition) is 3. The zero-order valence-corrected chi connectivity index (χ0v) is 15.1. The molecule has 0 radical (unpaired) electrons. The molecule has 1 N–H and O–H groups in total. The second kappa shape index (κ2) is 6.82. The van der Waals surface area contributed by atoms with Crippen LogP contribution in [0.25, 0.3) is 5.69 Å². The third-order valence-corrected chi connectivity index (χ3v) is 4.64. The number of unbranched alkanes of at least 4 members (excludes halogenated alkanes) is 1. The van der Waals surface area contributed by atoms with Crippen molar-refractivity contribution in [3.8, 4) is 5.69 Å². The van der Waals surface area contributed by atoms with Gasteiger partial charge in [0.2, 0.25) is 0 Å². The lowest BCUT2D eigenvalue weighted by Gasteiger charge is -2.28. The zero-order valence-electron chi connectivity index (χ0n) is 15.1. The van der Waals surface area contributed by atoms with Crippen LogP contribution in [0.2, 0.25) is 0 Å². The van der Waals surface area contributed by atoms with Crippen LogP contribution in [-0.4, -0.2) is 28.0 Å². The Labute approximate surface area is 148 Å². The van der Waals surface area contributed by atoms with Gasteiger partial charge in [-0.25, -0.2) is 4.68 Å². The largest absolute Gasteiger partial charge is 0.352 e. The second-order valence-electron chi connectivity index (χ2n) is 7.51. The molecule has 0 saturated carbocycles. The van der Waals surface area contributed by atoms with Crippen LogP contribution >= 0.6 is 0 Å². The van der Waals surface area contributed by atoms with Crippen LogP contribution in [0, 0.1) is 5.41 Å². The molecule has 0 fully saturated rings. The van der Waals surface area contributed by atoms with Crippen LogP contribution < -0.4 is 5.32 Å². The molecule has 1 aromatic heterocycles. The standard InChI is InChI=1S/C20H25N3O2/c1-4-5-10-21-19(25)14-6-8-15(9-7-14)23-17-11-20(2,3)12-18(24)16(17)13-22-23/h6-9,13H,4-5,10-12H2,1-3H3,(H,21,25). The maximum absolute atomic E-state index is 12.3. The van der Waals surface area contributed by atoms with Crippen LogP contribution in [0.15, 0.2) is 30.5 Å². The number of hydrogen-bond donors (Lipinski definition) is 1. The van der Waals surface area contributed by atoms with Gasteiger partial charge < -0.3 is 5.32 Å². The van der Waals surface area contributed by atoms with Gasteiger partial charge in [0.15, 0.2) is 5.78 Å². The molecule has 1 aliphatic carbocycles. The van der Waals surface area contributed by atoms with E-state index in [0.29, 0.717) is 18.5 Å². The van der Waals surface area contributed by atoms with E-state index >= 15 is 0 Å². The molecule has 1 aromatic carbocycles. The van der Waals surface area contributed by atoms with Gasteiger partial charge in [-0.05, 0) is 42.5 Å². The molecule has 3 rings (SSSR count).